The predicted octanol–water partition coefficient (Wildman–Crippen LogP) is 2.73. The van der Waals surface area contributed by atoms with Crippen molar-refractivity contribution >= 4 is 56.7 Å². The number of aromatic nitrogens is 3. The van der Waals surface area contributed by atoms with Crippen molar-refractivity contribution < 1.29 is 9.59 Å². The average molecular weight is 542 g/mol. The van der Waals surface area contributed by atoms with Gasteiger partial charge < -0.3 is 5.32 Å². The highest BCUT2D eigenvalue weighted by Gasteiger charge is 2.35. The van der Waals surface area contributed by atoms with E-state index in [9.17, 15) is 19.2 Å². The molecule has 6 rings (SSSR count). The number of carbonyl (C=O) groups excluding carboxylic acids is 2. The maximum atomic E-state index is 13.6. The van der Waals surface area contributed by atoms with Crippen LogP contribution in [-0.4, -0.2) is 33.0 Å². The Morgan fingerprint density at radius 1 is 0.947 bits per heavy atom. The topological polar surface area (TPSA) is 114 Å². The fourth-order valence-electron chi connectivity index (χ4n) is 4.30. The van der Waals surface area contributed by atoms with Crippen molar-refractivity contribution in [3.8, 4) is 11.3 Å². The van der Waals surface area contributed by atoms with Crippen molar-refractivity contribution in [2.24, 2.45) is 0 Å². The van der Waals surface area contributed by atoms with Gasteiger partial charge in [-0.05, 0) is 24.3 Å². The quantitative estimate of drug-likeness (QED) is 0.374. The van der Waals surface area contributed by atoms with Gasteiger partial charge in [-0.2, -0.15) is 14.6 Å². The number of amides is 2. The molecule has 5 aromatic rings. The lowest BCUT2D eigenvalue weighted by Crippen LogP contribution is -2.37. The number of nitrogens with zero attached hydrogens (tertiary/aromatic N) is 4. The minimum Gasteiger partial charge on any atom is -0.324 e. The number of hydrogen-bond acceptors (Lipinski definition) is 7. The molecule has 0 unspecified atom stereocenters. The fraction of sp³-hybridized carbons (Fsp3) is 0.0370. The molecule has 0 fully saturated rings. The molecule has 0 bridgehead atoms. The van der Waals surface area contributed by atoms with Gasteiger partial charge in [0.25, 0.3) is 11.5 Å². The van der Waals surface area contributed by atoms with E-state index in [4.69, 9.17) is 11.6 Å². The number of nitrogens with one attached hydrogen (secondary N) is 1. The molecule has 1 N–H and O–H groups in total. The molecule has 2 aromatic heterocycles. The molecule has 0 radical (unpaired) electrons. The van der Waals surface area contributed by atoms with Gasteiger partial charge in [0.2, 0.25) is 10.9 Å². The molecule has 1 aliphatic heterocycles. The molecule has 1 aliphatic rings. The zero-order valence-electron chi connectivity index (χ0n) is 19.4. The average Bonchev–Trinajstić information content (AvgIpc) is 3.36. The summed E-state index contributed by atoms with van der Waals surface area (Å²) in [6, 6.07) is 22.3. The van der Waals surface area contributed by atoms with Crippen molar-refractivity contribution in [3.05, 3.63) is 115 Å². The second kappa shape index (κ2) is 9.33. The molecule has 0 atom stereocenters. The Hall–Kier alpha value is -4.67. The summed E-state index contributed by atoms with van der Waals surface area (Å²) in [6.07, 6.45) is 0. The molecule has 0 saturated heterocycles. The van der Waals surface area contributed by atoms with Crippen LogP contribution in [0, 0.1) is 0 Å². The van der Waals surface area contributed by atoms with Crippen LogP contribution >= 0.6 is 22.9 Å². The third-order valence-electron chi connectivity index (χ3n) is 5.97. The highest BCUT2D eigenvalue weighted by Crippen LogP contribution is 2.35. The molecular formula is C27H16ClN5O4S. The van der Waals surface area contributed by atoms with E-state index in [-0.39, 0.29) is 27.3 Å². The fourth-order valence-corrected chi connectivity index (χ4v) is 5.49. The molecule has 11 heteroatoms. The summed E-state index contributed by atoms with van der Waals surface area (Å²) < 4.78 is 1.13. The Kier molecular flexibility index (Phi) is 5.82. The first kappa shape index (κ1) is 23.7. The van der Waals surface area contributed by atoms with Crippen LogP contribution in [0.3, 0.4) is 0 Å². The van der Waals surface area contributed by atoms with Gasteiger partial charge in [-0.3, -0.25) is 24.1 Å². The van der Waals surface area contributed by atoms with Crippen LogP contribution < -0.4 is 25.9 Å². The van der Waals surface area contributed by atoms with E-state index in [1.807, 2.05) is 0 Å². The first-order chi connectivity index (χ1) is 18.4. The van der Waals surface area contributed by atoms with E-state index in [0.717, 1.165) is 15.9 Å². The summed E-state index contributed by atoms with van der Waals surface area (Å²) in [5.74, 6) is -0.945. The number of thiazole rings is 1. The molecule has 186 valence electrons. The van der Waals surface area contributed by atoms with Gasteiger partial charge >= 0.3 is 5.56 Å². The lowest BCUT2D eigenvalue weighted by molar-refractivity contribution is -0.118. The van der Waals surface area contributed by atoms with E-state index in [1.165, 1.54) is 4.90 Å². The number of rotatable bonds is 4. The Labute approximate surface area is 223 Å². The molecule has 3 heterocycles. The van der Waals surface area contributed by atoms with E-state index >= 15 is 0 Å². The molecule has 38 heavy (non-hydrogen) atoms. The standard InChI is InChI=1S/C27H16ClN5O4S/c28-16-9-6-10-17(13-16)29-20(34)14-32-19-12-5-4-11-18(19)21(25(32)36)23-26(37)33-27(38-23)30-24(35)22(31-33)15-7-2-1-3-8-15/h1-13H,14H2,(H,29,34). The Morgan fingerprint density at radius 3 is 2.50 bits per heavy atom. The maximum absolute atomic E-state index is 13.6. The number of halogens is 1. The van der Waals surface area contributed by atoms with Crippen molar-refractivity contribution in [1.29, 1.82) is 0 Å². The van der Waals surface area contributed by atoms with Gasteiger partial charge in [-0.25, -0.2) is 0 Å². The van der Waals surface area contributed by atoms with Crippen LogP contribution in [0.4, 0.5) is 11.4 Å². The molecule has 0 aliphatic carbocycles. The molecule has 9 nitrogen and oxygen atoms in total. The first-order valence-electron chi connectivity index (χ1n) is 11.4. The summed E-state index contributed by atoms with van der Waals surface area (Å²) in [4.78, 5) is 58.0. The summed E-state index contributed by atoms with van der Waals surface area (Å²) in [7, 11) is 0. The number of carbonyl (C=O) groups is 2. The number of benzene rings is 3. The normalized spacial score (nSPS) is 14.1. The van der Waals surface area contributed by atoms with Crippen LogP contribution in [0.5, 0.6) is 0 Å². The van der Waals surface area contributed by atoms with Crippen LogP contribution in [0.15, 0.2) is 88.5 Å². The van der Waals surface area contributed by atoms with Crippen molar-refractivity contribution in [2.75, 3.05) is 16.8 Å². The molecule has 0 saturated carbocycles. The summed E-state index contributed by atoms with van der Waals surface area (Å²) in [6.45, 7) is -0.280. The second-order valence-corrected chi connectivity index (χ2v) is 9.82. The smallest absolute Gasteiger partial charge is 0.300 e. The summed E-state index contributed by atoms with van der Waals surface area (Å²) >= 11 is 6.91. The summed E-state index contributed by atoms with van der Waals surface area (Å²) in [5.41, 5.74) is 1.03. The number of fused-ring (bicyclic) bond motifs is 2. The maximum Gasteiger partial charge on any atom is 0.300 e. The van der Waals surface area contributed by atoms with Crippen molar-refractivity contribution in [1.82, 2.24) is 14.6 Å². The minimum absolute atomic E-state index is 0.0343. The Balaban J connectivity index is 1.45. The van der Waals surface area contributed by atoms with E-state index in [0.29, 0.717) is 27.5 Å². The van der Waals surface area contributed by atoms with Crippen LogP contribution in [0.1, 0.15) is 5.56 Å². The molecular weight excluding hydrogens is 526 g/mol. The monoisotopic (exact) mass is 541 g/mol. The highest BCUT2D eigenvalue weighted by atomic mass is 35.5. The van der Waals surface area contributed by atoms with E-state index in [1.54, 1.807) is 78.9 Å². The first-order valence-corrected chi connectivity index (χ1v) is 12.6. The number of anilines is 2. The minimum atomic E-state index is -0.577. The SMILES string of the molecule is O=C(CN1C(=O)C(=c2sc3nc(=O)c(-c4ccccc4)nn3c2=O)c2ccccc21)Nc1cccc(Cl)c1. The zero-order chi connectivity index (χ0) is 26.4. The lowest BCUT2D eigenvalue weighted by atomic mass is 10.1. The van der Waals surface area contributed by atoms with E-state index in [2.05, 4.69) is 15.4 Å². The van der Waals surface area contributed by atoms with Crippen LogP contribution in [-0.2, 0) is 9.59 Å². The van der Waals surface area contributed by atoms with Crippen LogP contribution in [0.25, 0.3) is 21.8 Å². The van der Waals surface area contributed by atoms with Gasteiger partial charge in [-0.1, -0.05) is 77.5 Å². The molecule has 2 amide bonds. The van der Waals surface area contributed by atoms with Gasteiger partial charge in [-0.15, -0.1) is 0 Å². The predicted molar refractivity (Wildman–Crippen MR) is 145 cm³/mol. The van der Waals surface area contributed by atoms with E-state index < -0.39 is 22.9 Å². The van der Waals surface area contributed by atoms with Crippen molar-refractivity contribution in [2.45, 2.75) is 0 Å². The number of hydrogen-bond donors (Lipinski definition) is 1. The largest absolute Gasteiger partial charge is 0.324 e. The molecule has 0 spiro atoms. The summed E-state index contributed by atoms with van der Waals surface area (Å²) in [5, 5.41) is 7.46. The Morgan fingerprint density at radius 2 is 1.71 bits per heavy atom. The highest BCUT2D eigenvalue weighted by molar-refractivity contribution is 7.15. The number of para-hydroxylation sites is 1. The third-order valence-corrected chi connectivity index (χ3v) is 7.23. The lowest BCUT2D eigenvalue weighted by Gasteiger charge is -2.16. The van der Waals surface area contributed by atoms with Crippen molar-refractivity contribution in [3.63, 3.8) is 0 Å². The van der Waals surface area contributed by atoms with Gasteiger partial charge in [0, 0.05) is 21.8 Å². The van der Waals surface area contributed by atoms with Gasteiger partial charge in [0.05, 0.1) is 11.3 Å². The van der Waals surface area contributed by atoms with Gasteiger partial charge in [0.1, 0.15) is 11.1 Å². The zero-order valence-corrected chi connectivity index (χ0v) is 21.0. The Bertz CT molecular complexity index is 1940. The van der Waals surface area contributed by atoms with Gasteiger partial charge in [0.15, 0.2) is 5.69 Å². The molecule has 3 aromatic carbocycles. The second-order valence-electron chi connectivity index (χ2n) is 8.40. The third kappa shape index (κ3) is 4.05. The van der Waals surface area contributed by atoms with Crippen LogP contribution in [0.2, 0.25) is 5.02 Å².